The van der Waals surface area contributed by atoms with E-state index in [1.165, 1.54) is 18.2 Å². The molecule has 7 heteroatoms. The van der Waals surface area contributed by atoms with Gasteiger partial charge in [-0.1, -0.05) is 18.2 Å². The smallest absolute Gasteiger partial charge is 0.175 e. The normalized spacial score (nSPS) is 13.1. The van der Waals surface area contributed by atoms with Crippen LogP contribution < -0.4 is 11.3 Å². The number of nitrogens with one attached hydrogen (secondary N) is 1. The van der Waals surface area contributed by atoms with E-state index in [0.29, 0.717) is 11.1 Å². The number of hydrazine groups is 1. The van der Waals surface area contributed by atoms with Gasteiger partial charge in [0.05, 0.1) is 10.9 Å². The number of halogens is 2. The van der Waals surface area contributed by atoms with Crippen LogP contribution in [0.2, 0.25) is 0 Å². The Morgan fingerprint density at radius 3 is 2.29 bits per heavy atom. The molecule has 1 unspecified atom stereocenters. The summed E-state index contributed by atoms with van der Waals surface area (Å²) >= 11 is 0. The number of sulfone groups is 1. The molecule has 3 N–H and O–H groups in total. The van der Waals surface area contributed by atoms with Crippen LogP contribution in [0, 0.1) is 11.6 Å². The highest BCUT2D eigenvalue weighted by atomic mass is 32.2. The van der Waals surface area contributed by atoms with E-state index in [0.717, 1.165) is 18.4 Å². The first-order valence-electron chi connectivity index (χ1n) is 6.04. The molecule has 2 aromatic rings. The van der Waals surface area contributed by atoms with Gasteiger partial charge in [-0.2, -0.15) is 0 Å². The molecule has 112 valence electrons. The van der Waals surface area contributed by atoms with Crippen molar-refractivity contribution >= 4 is 9.84 Å². The van der Waals surface area contributed by atoms with Gasteiger partial charge in [0.1, 0.15) is 0 Å². The van der Waals surface area contributed by atoms with Crippen molar-refractivity contribution in [3.8, 4) is 0 Å². The van der Waals surface area contributed by atoms with E-state index in [1.807, 2.05) is 0 Å². The van der Waals surface area contributed by atoms with Crippen LogP contribution in [0.25, 0.3) is 0 Å². The molecule has 0 radical (unpaired) electrons. The second-order valence-corrected chi connectivity index (χ2v) is 6.63. The lowest BCUT2D eigenvalue weighted by Gasteiger charge is -2.17. The van der Waals surface area contributed by atoms with E-state index in [9.17, 15) is 17.2 Å². The summed E-state index contributed by atoms with van der Waals surface area (Å²) in [6.07, 6.45) is 1.09. The monoisotopic (exact) mass is 312 g/mol. The van der Waals surface area contributed by atoms with Gasteiger partial charge in [0, 0.05) is 6.26 Å². The van der Waals surface area contributed by atoms with Crippen LogP contribution in [0.3, 0.4) is 0 Å². The fourth-order valence-electron chi connectivity index (χ4n) is 2.00. The highest BCUT2D eigenvalue weighted by Crippen LogP contribution is 2.24. The molecule has 0 aliphatic rings. The Hall–Kier alpha value is -1.83. The first-order valence-corrected chi connectivity index (χ1v) is 7.93. The highest BCUT2D eigenvalue weighted by Gasteiger charge is 2.17. The Bertz CT molecular complexity index is 763. The van der Waals surface area contributed by atoms with Gasteiger partial charge in [0.25, 0.3) is 0 Å². The minimum absolute atomic E-state index is 0.128. The van der Waals surface area contributed by atoms with Crippen molar-refractivity contribution in [2.75, 3.05) is 6.26 Å². The second kappa shape index (κ2) is 5.88. The molecule has 0 saturated heterocycles. The number of nitrogens with two attached hydrogens (primary N) is 1. The van der Waals surface area contributed by atoms with Crippen molar-refractivity contribution in [2.45, 2.75) is 10.9 Å². The zero-order valence-electron chi connectivity index (χ0n) is 11.2. The molecule has 2 rings (SSSR count). The molecule has 0 fully saturated rings. The van der Waals surface area contributed by atoms with Crippen LogP contribution in [-0.2, 0) is 9.84 Å². The van der Waals surface area contributed by atoms with Gasteiger partial charge in [0.2, 0.25) is 0 Å². The van der Waals surface area contributed by atoms with Gasteiger partial charge in [-0.25, -0.2) is 22.6 Å². The first-order chi connectivity index (χ1) is 9.82. The SMILES string of the molecule is CS(=O)(=O)c1cccc(C(NN)c2ccc(F)c(F)c2)c1. The Balaban J connectivity index is 2.49. The van der Waals surface area contributed by atoms with Crippen molar-refractivity contribution < 1.29 is 17.2 Å². The lowest BCUT2D eigenvalue weighted by molar-refractivity contribution is 0.504. The summed E-state index contributed by atoms with van der Waals surface area (Å²) in [5.41, 5.74) is 3.40. The van der Waals surface area contributed by atoms with Crippen LogP contribution in [0.4, 0.5) is 8.78 Å². The van der Waals surface area contributed by atoms with Crippen LogP contribution in [0.5, 0.6) is 0 Å². The molecule has 0 aliphatic heterocycles. The van der Waals surface area contributed by atoms with Gasteiger partial charge < -0.3 is 0 Å². The minimum Gasteiger partial charge on any atom is -0.271 e. The first kappa shape index (κ1) is 15.6. The highest BCUT2D eigenvalue weighted by molar-refractivity contribution is 7.90. The summed E-state index contributed by atoms with van der Waals surface area (Å²) in [6, 6.07) is 8.87. The predicted molar refractivity (Wildman–Crippen MR) is 75.1 cm³/mol. The topological polar surface area (TPSA) is 72.2 Å². The second-order valence-electron chi connectivity index (χ2n) is 4.62. The average molecular weight is 312 g/mol. The summed E-state index contributed by atoms with van der Waals surface area (Å²) in [5, 5.41) is 0. The summed E-state index contributed by atoms with van der Waals surface area (Å²) < 4.78 is 49.4. The number of rotatable bonds is 4. The molecule has 0 spiro atoms. The molecule has 0 bridgehead atoms. The molecule has 0 aromatic heterocycles. The quantitative estimate of drug-likeness (QED) is 0.668. The molecule has 1 atom stereocenters. The lowest BCUT2D eigenvalue weighted by atomic mass is 9.99. The van der Waals surface area contributed by atoms with Crippen LogP contribution in [0.1, 0.15) is 17.2 Å². The van der Waals surface area contributed by atoms with E-state index in [-0.39, 0.29) is 4.90 Å². The molecule has 0 heterocycles. The summed E-state index contributed by atoms with van der Waals surface area (Å²) in [5.74, 6) is 3.52. The largest absolute Gasteiger partial charge is 0.271 e. The Labute approximate surface area is 121 Å². The zero-order valence-corrected chi connectivity index (χ0v) is 12.0. The summed E-state index contributed by atoms with van der Waals surface area (Å²) in [4.78, 5) is 0.128. The van der Waals surface area contributed by atoms with Crippen molar-refractivity contribution in [2.24, 2.45) is 5.84 Å². The fraction of sp³-hybridized carbons (Fsp3) is 0.143. The predicted octanol–water partition coefficient (Wildman–Crippen LogP) is 1.92. The molecule has 0 aliphatic carbocycles. The van der Waals surface area contributed by atoms with Crippen molar-refractivity contribution in [1.82, 2.24) is 5.43 Å². The average Bonchev–Trinajstić information content (AvgIpc) is 2.43. The molecule has 21 heavy (non-hydrogen) atoms. The minimum atomic E-state index is -3.37. The molecule has 0 saturated carbocycles. The van der Waals surface area contributed by atoms with Gasteiger partial charge in [-0.3, -0.25) is 5.84 Å². The lowest BCUT2D eigenvalue weighted by Crippen LogP contribution is -2.29. The zero-order chi connectivity index (χ0) is 15.6. The fourth-order valence-corrected chi connectivity index (χ4v) is 2.68. The maximum atomic E-state index is 13.3. The van der Waals surface area contributed by atoms with E-state index < -0.39 is 27.5 Å². The van der Waals surface area contributed by atoms with Crippen LogP contribution >= 0.6 is 0 Å². The molecular formula is C14H14F2N2O2S. The third-order valence-corrected chi connectivity index (χ3v) is 4.17. The maximum absolute atomic E-state index is 13.3. The number of hydrogen-bond acceptors (Lipinski definition) is 4. The molecule has 4 nitrogen and oxygen atoms in total. The molecule has 0 amide bonds. The maximum Gasteiger partial charge on any atom is 0.175 e. The van der Waals surface area contributed by atoms with E-state index in [4.69, 9.17) is 5.84 Å². The van der Waals surface area contributed by atoms with Gasteiger partial charge in [-0.15, -0.1) is 0 Å². The van der Waals surface area contributed by atoms with Crippen molar-refractivity contribution in [3.63, 3.8) is 0 Å². The van der Waals surface area contributed by atoms with E-state index >= 15 is 0 Å². The number of hydrogen-bond donors (Lipinski definition) is 2. The number of benzene rings is 2. The van der Waals surface area contributed by atoms with Crippen LogP contribution in [0.15, 0.2) is 47.4 Å². The Morgan fingerprint density at radius 1 is 1.05 bits per heavy atom. The summed E-state index contributed by atoms with van der Waals surface area (Å²) in [7, 11) is -3.37. The molecule has 2 aromatic carbocycles. The van der Waals surface area contributed by atoms with Crippen molar-refractivity contribution in [3.05, 3.63) is 65.2 Å². The Kier molecular flexibility index (Phi) is 4.36. The van der Waals surface area contributed by atoms with E-state index in [1.54, 1.807) is 12.1 Å². The third-order valence-electron chi connectivity index (χ3n) is 3.06. The van der Waals surface area contributed by atoms with E-state index in [2.05, 4.69) is 5.43 Å². The van der Waals surface area contributed by atoms with Crippen LogP contribution in [-0.4, -0.2) is 14.7 Å². The van der Waals surface area contributed by atoms with Crippen molar-refractivity contribution in [1.29, 1.82) is 0 Å². The standard InChI is InChI=1S/C14H14F2N2O2S/c1-21(19,20)11-4-2-3-9(7-11)14(18-17)10-5-6-12(15)13(16)8-10/h2-8,14,18H,17H2,1H3. The molecular weight excluding hydrogens is 298 g/mol. The third kappa shape index (κ3) is 3.44. The summed E-state index contributed by atoms with van der Waals surface area (Å²) in [6.45, 7) is 0. The van der Waals surface area contributed by atoms with Gasteiger partial charge in [-0.05, 0) is 35.4 Å². The Morgan fingerprint density at radius 2 is 1.71 bits per heavy atom. The van der Waals surface area contributed by atoms with Gasteiger partial charge >= 0.3 is 0 Å². The van der Waals surface area contributed by atoms with Gasteiger partial charge in [0.15, 0.2) is 21.5 Å².